The number of benzene rings is 1. The number of fused-ring (bicyclic) bond motifs is 1. The van der Waals surface area contributed by atoms with Crippen molar-refractivity contribution in [1.82, 2.24) is 9.38 Å². The van der Waals surface area contributed by atoms with Crippen LogP contribution in [0.25, 0.3) is 16.9 Å². The Morgan fingerprint density at radius 2 is 1.86 bits per heavy atom. The van der Waals surface area contributed by atoms with E-state index in [-0.39, 0.29) is 11.8 Å². The SMILES string of the molecule is CCC(CC(C)C)C(=O)Nc1c(-c2ccccc2)nc2c(C(=O)OC)cccn12. The summed E-state index contributed by atoms with van der Waals surface area (Å²) in [5.41, 5.74) is 2.28. The summed E-state index contributed by atoms with van der Waals surface area (Å²) in [7, 11) is 1.34. The average molecular weight is 393 g/mol. The minimum absolute atomic E-state index is 0.0383. The van der Waals surface area contributed by atoms with E-state index in [1.54, 1.807) is 22.7 Å². The molecule has 2 aromatic heterocycles. The van der Waals surface area contributed by atoms with E-state index >= 15 is 0 Å². The highest BCUT2D eigenvalue weighted by atomic mass is 16.5. The van der Waals surface area contributed by atoms with E-state index in [0.29, 0.717) is 28.6 Å². The Labute approximate surface area is 170 Å². The van der Waals surface area contributed by atoms with Crippen molar-refractivity contribution in [2.45, 2.75) is 33.6 Å². The van der Waals surface area contributed by atoms with Gasteiger partial charge in [-0.15, -0.1) is 0 Å². The van der Waals surface area contributed by atoms with Gasteiger partial charge in [0.05, 0.1) is 7.11 Å². The Bertz CT molecular complexity index is 1010. The van der Waals surface area contributed by atoms with Crippen molar-refractivity contribution in [2.75, 3.05) is 12.4 Å². The zero-order valence-corrected chi connectivity index (χ0v) is 17.3. The van der Waals surface area contributed by atoms with Crippen LogP contribution in [0.4, 0.5) is 5.82 Å². The van der Waals surface area contributed by atoms with Gasteiger partial charge in [0.1, 0.15) is 17.1 Å². The third-order valence-electron chi connectivity index (χ3n) is 4.96. The second kappa shape index (κ2) is 8.90. The van der Waals surface area contributed by atoms with Crippen LogP contribution in [-0.4, -0.2) is 28.4 Å². The molecular weight excluding hydrogens is 366 g/mol. The Morgan fingerprint density at radius 3 is 2.48 bits per heavy atom. The summed E-state index contributed by atoms with van der Waals surface area (Å²) in [6.45, 7) is 6.25. The molecule has 0 spiro atoms. The molecule has 1 atom stereocenters. The monoisotopic (exact) mass is 393 g/mol. The van der Waals surface area contributed by atoms with Gasteiger partial charge in [0.2, 0.25) is 5.91 Å². The number of hydrogen-bond donors (Lipinski definition) is 1. The summed E-state index contributed by atoms with van der Waals surface area (Å²) >= 11 is 0. The molecule has 3 rings (SSSR count). The molecule has 6 nitrogen and oxygen atoms in total. The summed E-state index contributed by atoms with van der Waals surface area (Å²) in [6, 6.07) is 13.0. The van der Waals surface area contributed by atoms with E-state index in [1.807, 2.05) is 37.3 Å². The van der Waals surface area contributed by atoms with E-state index in [9.17, 15) is 9.59 Å². The Balaban J connectivity index is 2.13. The summed E-state index contributed by atoms with van der Waals surface area (Å²) in [5.74, 6) is 0.387. The maximum absolute atomic E-state index is 13.0. The maximum Gasteiger partial charge on any atom is 0.341 e. The van der Waals surface area contributed by atoms with Crippen molar-refractivity contribution in [1.29, 1.82) is 0 Å². The second-order valence-electron chi connectivity index (χ2n) is 7.51. The molecule has 3 aromatic rings. The average Bonchev–Trinajstić information content (AvgIpc) is 3.10. The first kappa shape index (κ1) is 20.6. The smallest absolute Gasteiger partial charge is 0.341 e. The molecular formula is C23H27N3O3. The zero-order valence-electron chi connectivity index (χ0n) is 17.3. The normalized spacial score (nSPS) is 12.2. The summed E-state index contributed by atoms with van der Waals surface area (Å²) < 4.78 is 6.64. The van der Waals surface area contributed by atoms with Crippen molar-refractivity contribution in [3.05, 3.63) is 54.2 Å². The number of carbonyl (C=O) groups excluding carboxylic acids is 2. The zero-order chi connectivity index (χ0) is 21.0. The van der Waals surface area contributed by atoms with Gasteiger partial charge in [0, 0.05) is 17.7 Å². The number of ether oxygens (including phenoxy) is 1. The van der Waals surface area contributed by atoms with E-state index in [1.165, 1.54) is 7.11 Å². The Kier molecular flexibility index (Phi) is 6.32. The maximum atomic E-state index is 13.0. The van der Waals surface area contributed by atoms with Gasteiger partial charge in [0.25, 0.3) is 0 Å². The molecule has 6 heteroatoms. The predicted molar refractivity (Wildman–Crippen MR) is 114 cm³/mol. The Morgan fingerprint density at radius 1 is 1.14 bits per heavy atom. The lowest BCUT2D eigenvalue weighted by Crippen LogP contribution is -2.24. The van der Waals surface area contributed by atoms with E-state index in [0.717, 1.165) is 18.4 Å². The van der Waals surface area contributed by atoms with Crippen LogP contribution in [-0.2, 0) is 9.53 Å². The third-order valence-corrected chi connectivity index (χ3v) is 4.96. The molecule has 1 N–H and O–H groups in total. The van der Waals surface area contributed by atoms with Crippen LogP contribution in [0.1, 0.15) is 44.0 Å². The summed E-state index contributed by atoms with van der Waals surface area (Å²) in [6.07, 6.45) is 3.36. The van der Waals surface area contributed by atoms with Gasteiger partial charge in [-0.3, -0.25) is 9.20 Å². The number of carbonyl (C=O) groups is 2. The van der Waals surface area contributed by atoms with E-state index < -0.39 is 5.97 Å². The molecule has 0 fully saturated rings. The standard InChI is InChI=1S/C23H27N3O3/c1-5-16(14-15(2)3)22(27)25-21-19(17-10-7-6-8-11-17)24-20-18(23(28)29-4)12-9-13-26(20)21/h6-13,15-16H,5,14H2,1-4H3,(H,25,27). The fourth-order valence-electron chi connectivity index (χ4n) is 3.50. The molecule has 0 aliphatic carbocycles. The number of nitrogens with one attached hydrogen (secondary N) is 1. The molecule has 1 amide bonds. The molecule has 29 heavy (non-hydrogen) atoms. The van der Waals surface area contributed by atoms with Crippen molar-refractivity contribution in [3.8, 4) is 11.3 Å². The quantitative estimate of drug-likeness (QED) is 0.585. The van der Waals surface area contributed by atoms with Crippen LogP contribution in [0, 0.1) is 11.8 Å². The third kappa shape index (κ3) is 4.31. The fourth-order valence-corrected chi connectivity index (χ4v) is 3.50. The van der Waals surface area contributed by atoms with Gasteiger partial charge in [-0.05, 0) is 30.9 Å². The van der Waals surface area contributed by atoms with Crippen molar-refractivity contribution in [3.63, 3.8) is 0 Å². The van der Waals surface area contributed by atoms with Crippen LogP contribution in [0.2, 0.25) is 0 Å². The minimum Gasteiger partial charge on any atom is -0.465 e. The highest BCUT2D eigenvalue weighted by molar-refractivity contribution is 6.00. The number of methoxy groups -OCH3 is 1. The first-order chi connectivity index (χ1) is 14.0. The fraction of sp³-hybridized carbons (Fsp3) is 0.348. The van der Waals surface area contributed by atoms with Crippen LogP contribution < -0.4 is 5.32 Å². The second-order valence-corrected chi connectivity index (χ2v) is 7.51. The molecule has 1 aromatic carbocycles. The lowest BCUT2D eigenvalue weighted by molar-refractivity contribution is -0.120. The molecule has 152 valence electrons. The van der Waals surface area contributed by atoms with Crippen molar-refractivity contribution in [2.24, 2.45) is 11.8 Å². The largest absolute Gasteiger partial charge is 0.465 e. The van der Waals surface area contributed by atoms with Gasteiger partial charge in [0.15, 0.2) is 5.65 Å². The van der Waals surface area contributed by atoms with Gasteiger partial charge in [-0.25, -0.2) is 9.78 Å². The first-order valence-electron chi connectivity index (χ1n) is 9.91. The number of aromatic nitrogens is 2. The predicted octanol–water partition coefficient (Wildman–Crippen LogP) is 4.80. The molecule has 0 saturated carbocycles. The van der Waals surface area contributed by atoms with Gasteiger partial charge < -0.3 is 10.1 Å². The van der Waals surface area contributed by atoms with Gasteiger partial charge in [-0.2, -0.15) is 0 Å². The number of rotatable bonds is 7. The van der Waals surface area contributed by atoms with Gasteiger partial charge >= 0.3 is 5.97 Å². The number of imidazole rings is 1. The minimum atomic E-state index is -0.468. The molecule has 1 unspecified atom stereocenters. The van der Waals surface area contributed by atoms with Crippen LogP contribution in [0.3, 0.4) is 0 Å². The van der Waals surface area contributed by atoms with Gasteiger partial charge in [-0.1, -0.05) is 51.1 Å². The van der Waals surface area contributed by atoms with E-state index in [2.05, 4.69) is 19.2 Å². The summed E-state index contributed by atoms with van der Waals surface area (Å²) in [4.78, 5) is 30.0. The molecule has 0 radical (unpaired) electrons. The highest BCUT2D eigenvalue weighted by Crippen LogP contribution is 2.31. The molecule has 2 heterocycles. The topological polar surface area (TPSA) is 72.7 Å². The Hall–Kier alpha value is -3.15. The van der Waals surface area contributed by atoms with E-state index in [4.69, 9.17) is 9.72 Å². The van der Waals surface area contributed by atoms with Crippen molar-refractivity contribution >= 4 is 23.3 Å². The number of amides is 1. The lowest BCUT2D eigenvalue weighted by Gasteiger charge is -2.17. The highest BCUT2D eigenvalue weighted by Gasteiger charge is 2.24. The number of anilines is 1. The van der Waals surface area contributed by atoms with Crippen LogP contribution >= 0.6 is 0 Å². The van der Waals surface area contributed by atoms with Crippen LogP contribution in [0.5, 0.6) is 0 Å². The molecule has 0 saturated heterocycles. The van der Waals surface area contributed by atoms with Crippen LogP contribution in [0.15, 0.2) is 48.7 Å². The molecule has 0 bridgehead atoms. The molecule has 0 aliphatic heterocycles. The number of hydrogen-bond acceptors (Lipinski definition) is 4. The summed E-state index contributed by atoms with van der Waals surface area (Å²) in [5, 5.41) is 3.08. The molecule has 0 aliphatic rings. The number of esters is 1. The lowest BCUT2D eigenvalue weighted by atomic mass is 9.94. The number of nitrogens with zero attached hydrogens (tertiary/aromatic N) is 2. The number of pyridine rings is 1. The first-order valence-corrected chi connectivity index (χ1v) is 9.91. The van der Waals surface area contributed by atoms with Crippen molar-refractivity contribution < 1.29 is 14.3 Å².